The molecule has 0 aliphatic rings. The van der Waals surface area contributed by atoms with Crippen molar-refractivity contribution in [3.05, 3.63) is 28.2 Å². The maximum atomic E-state index is 13.1. The molecule has 8 heteroatoms. The molecule has 0 aliphatic carbocycles. The molecule has 1 aromatic rings. The minimum atomic E-state index is -3.81. The van der Waals surface area contributed by atoms with E-state index in [1.54, 1.807) is 0 Å². The summed E-state index contributed by atoms with van der Waals surface area (Å²) in [6, 6.07) is 1.51. The van der Waals surface area contributed by atoms with Gasteiger partial charge in [0.2, 0.25) is 10.0 Å². The van der Waals surface area contributed by atoms with Crippen LogP contribution >= 0.6 is 27.5 Å². The molecule has 84 valence electrons. The zero-order chi connectivity index (χ0) is 11.6. The fourth-order valence-electron chi connectivity index (χ4n) is 0.822. The summed E-state index contributed by atoms with van der Waals surface area (Å²) in [5, 5.41) is -0.712. The van der Waals surface area contributed by atoms with E-state index in [0.29, 0.717) is 6.07 Å². The molecule has 0 radical (unpaired) electrons. The molecular formula is C7H5BrClF2NO2S. The number of alkyl halides is 1. The van der Waals surface area contributed by atoms with Gasteiger partial charge in [-0.15, -0.1) is 11.6 Å². The number of benzene rings is 1. The molecular weight excluding hydrogens is 316 g/mol. The second kappa shape index (κ2) is 4.63. The smallest absolute Gasteiger partial charge is 0.246 e. The molecule has 1 N–H and O–H groups in total. The summed E-state index contributed by atoms with van der Waals surface area (Å²) in [4.78, 5) is 0. The van der Waals surface area contributed by atoms with Crippen LogP contribution in [0.3, 0.4) is 0 Å². The summed E-state index contributed by atoms with van der Waals surface area (Å²) in [6.45, 7) is 0. The average molecular weight is 321 g/mol. The number of sulfonamides is 1. The van der Waals surface area contributed by atoms with Gasteiger partial charge in [0.1, 0.15) is 11.0 Å². The van der Waals surface area contributed by atoms with Gasteiger partial charge in [-0.25, -0.2) is 17.2 Å². The molecule has 0 spiro atoms. The molecule has 0 saturated heterocycles. The Labute approximate surface area is 98.6 Å². The van der Waals surface area contributed by atoms with Gasteiger partial charge >= 0.3 is 0 Å². The summed E-state index contributed by atoms with van der Waals surface area (Å²) in [5.41, 5.74) is -0.364. The molecule has 0 amide bonds. The highest BCUT2D eigenvalue weighted by Gasteiger charge is 2.15. The van der Waals surface area contributed by atoms with E-state index >= 15 is 0 Å². The van der Waals surface area contributed by atoms with Crippen molar-refractivity contribution in [2.24, 2.45) is 0 Å². The van der Waals surface area contributed by atoms with Gasteiger partial charge in [0.25, 0.3) is 0 Å². The lowest BCUT2D eigenvalue weighted by Crippen LogP contribution is -2.15. The Balaban J connectivity index is 3.17. The molecule has 0 aliphatic heterocycles. The Morgan fingerprint density at radius 1 is 1.40 bits per heavy atom. The van der Waals surface area contributed by atoms with Gasteiger partial charge in [-0.1, -0.05) is 0 Å². The minimum absolute atomic E-state index is 0.0336. The third-order valence-corrected chi connectivity index (χ3v) is 3.70. The van der Waals surface area contributed by atoms with Crippen LogP contribution in [0.5, 0.6) is 0 Å². The van der Waals surface area contributed by atoms with E-state index in [9.17, 15) is 17.2 Å². The van der Waals surface area contributed by atoms with Gasteiger partial charge in [-0.3, -0.25) is 4.72 Å². The molecule has 0 atom stereocenters. The van der Waals surface area contributed by atoms with E-state index in [2.05, 4.69) is 15.9 Å². The molecule has 1 rings (SSSR count). The van der Waals surface area contributed by atoms with E-state index in [4.69, 9.17) is 11.6 Å². The van der Waals surface area contributed by atoms with Crippen molar-refractivity contribution in [1.82, 2.24) is 0 Å². The fraction of sp³-hybridized carbons (Fsp3) is 0.143. The van der Waals surface area contributed by atoms with Gasteiger partial charge < -0.3 is 0 Å². The maximum absolute atomic E-state index is 13.1. The summed E-state index contributed by atoms with van der Waals surface area (Å²) >= 11 is 7.95. The SMILES string of the molecule is O=S(=O)(CCl)Nc1c(F)cc(F)cc1Br. The van der Waals surface area contributed by atoms with Crippen LogP contribution in [-0.4, -0.2) is 13.6 Å². The van der Waals surface area contributed by atoms with Crippen LogP contribution < -0.4 is 4.72 Å². The molecule has 0 aromatic heterocycles. The highest BCUT2D eigenvalue weighted by molar-refractivity contribution is 9.10. The maximum Gasteiger partial charge on any atom is 0.246 e. The Bertz CT molecular complexity index is 457. The minimum Gasteiger partial charge on any atom is -0.278 e. The van der Waals surface area contributed by atoms with Crippen LogP contribution in [0.25, 0.3) is 0 Å². The lowest BCUT2D eigenvalue weighted by atomic mass is 10.3. The van der Waals surface area contributed by atoms with Crippen molar-refractivity contribution in [2.75, 3.05) is 9.93 Å². The predicted molar refractivity (Wildman–Crippen MR) is 57.3 cm³/mol. The molecule has 0 bridgehead atoms. The highest BCUT2D eigenvalue weighted by atomic mass is 79.9. The molecule has 3 nitrogen and oxygen atoms in total. The fourth-order valence-corrected chi connectivity index (χ4v) is 2.20. The lowest BCUT2D eigenvalue weighted by Gasteiger charge is -2.08. The van der Waals surface area contributed by atoms with Crippen molar-refractivity contribution in [3.8, 4) is 0 Å². The number of nitrogens with one attached hydrogen (secondary N) is 1. The number of halogens is 4. The van der Waals surface area contributed by atoms with E-state index in [1.165, 1.54) is 0 Å². The Kier molecular flexibility index (Phi) is 3.91. The normalized spacial score (nSPS) is 11.5. The highest BCUT2D eigenvalue weighted by Crippen LogP contribution is 2.27. The molecule has 0 fully saturated rings. The summed E-state index contributed by atoms with van der Waals surface area (Å²) < 4.78 is 49.7. The van der Waals surface area contributed by atoms with Crippen LogP contribution in [0.15, 0.2) is 16.6 Å². The number of anilines is 1. The van der Waals surface area contributed by atoms with Gasteiger partial charge in [0.05, 0.1) is 5.69 Å². The lowest BCUT2D eigenvalue weighted by molar-refractivity contribution is 0.582. The van der Waals surface area contributed by atoms with Gasteiger partial charge in [0.15, 0.2) is 5.82 Å². The van der Waals surface area contributed by atoms with Crippen molar-refractivity contribution in [3.63, 3.8) is 0 Å². The summed E-state index contributed by atoms with van der Waals surface area (Å²) in [5.74, 6) is -1.83. The Hall–Kier alpha value is -0.400. The third kappa shape index (κ3) is 3.29. The molecule has 1 aromatic carbocycles. The second-order valence-corrected chi connectivity index (χ2v) is 5.73. The third-order valence-electron chi connectivity index (χ3n) is 1.41. The topological polar surface area (TPSA) is 46.2 Å². The van der Waals surface area contributed by atoms with E-state index in [1.807, 2.05) is 4.72 Å². The van der Waals surface area contributed by atoms with Crippen LogP contribution in [-0.2, 0) is 10.0 Å². The van der Waals surface area contributed by atoms with Crippen molar-refractivity contribution in [2.45, 2.75) is 0 Å². The monoisotopic (exact) mass is 319 g/mol. The standard InChI is InChI=1S/C7H5BrClF2NO2S/c8-5-1-4(10)2-6(11)7(5)12-15(13,14)3-9/h1-2,12H,3H2. The van der Waals surface area contributed by atoms with Crippen LogP contribution in [0.1, 0.15) is 0 Å². The first-order chi connectivity index (χ1) is 6.85. The van der Waals surface area contributed by atoms with Gasteiger partial charge in [0, 0.05) is 10.5 Å². The first kappa shape index (κ1) is 12.7. The van der Waals surface area contributed by atoms with Crippen LogP contribution in [0, 0.1) is 11.6 Å². The van der Waals surface area contributed by atoms with E-state index < -0.39 is 26.9 Å². The zero-order valence-electron chi connectivity index (χ0n) is 7.10. The first-order valence-corrected chi connectivity index (χ1v) is 6.54. The largest absolute Gasteiger partial charge is 0.278 e. The molecule has 0 heterocycles. The number of hydrogen-bond donors (Lipinski definition) is 1. The van der Waals surface area contributed by atoms with Crippen molar-refractivity contribution >= 4 is 43.2 Å². The Morgan fingerprint density at radius 3 is 2.47 bits per heavy atom. The van der Waals surface area contributed by atoms with E-state index in [-0.39, 0.29) is 10.2 Å². The molecule has 0 unspecified atom stereocenters. The average Bonchev–Trinajstić information content (AvgIpc) is 2.11. The summed E-state index contributed by atoms with van der Waals surface area (Å²) in [6.07, 6.45) is 0. The predicted octanol–water partition coefficient (Wildman–Crippen LogP) is 2.67. The Morgan fingerprint density at radius 2 is 2.00 bits per heavy atom. The van der Waals surface area contributed by atoms with Crippen LogP contribution in [0.2, 0.25) is 0 Å². The molecule has 0 saturated carbocycles. The number of rotatable bonds is 3. The van der Waals surface area contributed by atoms with Gasteiger partial charge in [-0.2, -0.15) is 0 Å². The quantitative estimate of drug-likeness (QED) is 0.870. The van der Waals surface area contributed by atoms with E-state index in [0.717, 1.165) is 6.07 Å². The first-order valence-electron chi connectivity index (χ1n) is 3.57. The van der Waals surface area contributed by atoms with Gasteiger partial charge in [-0.05, 0) is 22.0 Å². The van der Waals surface area contributed by atoms with Crippen molar-refractivity contribution in [1.29, 1.82) is 0 Å². The van der Waals surface area contributed by atoms with Crippen LogP contribution in [0.4, 0.5) is 14.5 Å². The second-order valence-electron chi connectivity index (χ2n) is 2.57. The summed E-state index contributed by atoms with van der Waals surface area (Å²) in [7, 11) is -3.81. The zero-order valence-corrected chi connectivity index (χ0v) is 10.3. The molecule has 15 heavy (non-hydrogen) atoms. The number of hydrogen-bond acceptors (Lipinski definition) is 2. The van der Waals surface area contributed by atoms with Crippen molar-refractivity contribution < 1.29 is 17.2 Å².